The Hall–Kier alpha value is -1.28. The first kappa shape index (κ1) is 14.8. The third kappa shape index (κ3) is 3.36. The van der Waals surface area contributed by atoms with Crippen molar-refractivity contribution in [1.82, 2.24) is 0 Å². The van der Waals surface area contributed by atoms with Crippen LogP contribution >= 0.6 is 0 Å². The Kier molecular flexibility index (Phi) is 3.92. The number of nitrogens with zero attached hydrogens (tertiary/aromatic N) is 2. The van der Waals surface area contributed by atoms with Gasteiger partial charge < -0.3 is 4.90 Å². The predicted molar refractivity (Wildman–Crippen MR) is 72.9 cm³/mol. The molecule has 8 heteroatoms. The summed E-state index contributed by atoms with van der Waals surface area (Å²) in [6.45, 7) is 0. The minimum absolute atomic E-state index is 0.102. The van der Waals surface area contributed by atoms with E-state index in [1.54, 1.807) is 12.1 Å². The van der Waals surface area contributed by atoms with Crippen LogP contribution in [-0.2, 0) is 20.0 Å². The third-order valence-corrected chi connectivity index (χ3v) is 5.43. The molecule has 0 atom stereocenters. The van der Waals surface area contributed by atoms with E-state index in [0.29, 0.717) is 3.71 Å². The number of rotatable bonds is 4. The highest BCUT2D eigenvalue weighted by Gasteiger charge is 2.26. The number of benzene rings is 1. The summed E-state index contributed by atoms with van der Waals surface area (Å²) in [4.78, 5) is 1.83. The van der Waals surface area contributed by atoms with Crippen LogP contribution in [0.4, 0.5) is 11.4 Å². The number of hydrogen-bond acceptors (Lipinski definition) is 5. The second-order valence-corrected chi connectivity index (χ2v) is 8.03. The van der Waals surface area contributed by atoms with Crippen molar-refractivity contribution in [3.8, 4) is 0 Å². The largest absolute Gasteiger partial charge is 0.378 e. The van der Waals surface area contributed by atoms with E-state index in [9.17, 15) is 16.8 Å². The Bertz CT molecular complexity index is 586. The fourth-order valence-electron chi connectivity index (χ4n) is 1.50. The minimum Gasteiger partial charge on any atom is -0.378 e. The standard InChI is InChI=1S/C10H16N2O4S2/c1-11(2)9-5-7-10(8-6-9)12(17(3,13)14)18(4,15)16/h5-8H,1-4H3. The van der Waals surface area contributed by atoms with Gasteiger partial charge in [-0.25, -0.2) is 16.8 Å². The number of hydrogen-bond donors (Lipinski definition) is 0. The SMILES string of the molecule is CN(C)c1ccc(N(S(C)(=O)=O)S(C)(=O)=O)cc1. The molecular formula is C10H16N2O4S2. The first-order chi connectivity index (χ1) is 8.03. The zero-order valence-corrected chi connectivity index (χ0v) is 12.3. The van der Waals surface area contributed by atoms with Crippen molar-refractivity contribution < 1.29 is 16.8 Å². The van der Waals surface area contributed by atoms with Crippen molar-refractivity contribution in [3.63, 3.8) is 0 Å². The maximum absolute atomic E-state index is 11.5. The maximum Gasteiger partial charge on any atom is 0.245 e. The summed E-state index contributed by atoms with van der Waals surface area (Å²) in [7, 11) is -4.09. The lowest BCUT2D eigenvalue weighted by Crippen LogP contribution is -2.35. The van der Waals surface area contributed by atoms with E-state index < -0.39 is 20.0 Å². The third-order valence-electron chi connectivity index (χ3n) is 2.18. The van der Waals surface area contributed by atoms with E-state index in [2.05, 4.69) is 0 Å². The molecule has 102 valence electrons. The van der Waals surface area contributed by atoms with Gasteiger partial charge in [0.25, 0.3) is 0 Å². The molecule has 0 bridgehead atoms. The Labute approximate surface area is 108 Å². The normalized spacial score (nSPS) is 12.2. The fraction of sp³-hybridized carbons (Fsp3) is 0.400. The van der Waals surface area contributed by atoms with E-state index in [1.807, 2.05) is 19.0 Å². The van der Waals surface area contributed by atoms with Crippen LogP contribution in [0.25, 0.3) is 0 Å². The van der Waals surface area contributed by atoms with E-state index >= 15 is 0 Å². The van der Waals surface area contributed by atoms with Crippen molar-refractivity contribution in [1.29, 1.82) is 0 Å². The molecule has 0 aliphatic carbocycles. The van der Waals surface area contributed by atoms with Crippen molar-refractivity contribution in [3.05, 3.63) is 24.3 Å². The van der Waals surface area contributed by atoms with Gasteiger partial charge in [0.2, 0.25) is 20.0 Å². The summed E-state index contributed by atoms with van der Waals surface area (Å²) in [5, 5.41) is 0. The Balaban J connectivity index is 3.33. The summed E-state index contributed by atoms with van der Waals surface area (Å²) < 4.78 is 46.6. The van der Waals surface area contributed by atoms with E-state index in [4.69, 9.17) is 0 Å². The number of anilines is 2. The van der Waals surface area contributed by atoms with Crippen LogP contribution in [0.2, 0.25) is 0 Å². The van der Waals surface area contributed by atoms with Crippen LogP contribution < -0.4 is 8.61 Å². The lowest BCUT2D eigenvalue weighted by Gasteiger charge is -2.20. The van der Waals surface area contributed by atoms with Gasteiger partial charge in [0.05, 0.1) is 18.2 Å². The second-order valence-electron chi connectivity index (χ2n) is 4.13. The molecule has 0 spiro atoms. The Morgan fingerprint density at radius 2 is 1.11 bits per heavy atom. The van der Waals surface area contributed by atoms with Crippen LogP contribution in [0.5, 0.6) is 0 Å². The molecule has 0 N–H and O–H groups in total. The molecule has 0 aliphatic heterocycles. The molecular weight excluding hydrogens is 276 g/mol. The van der Waals surface area contributed by atoms with Crippen LogP contribution in [0.1, 0.15) is 0 Å². The average molecular weight is 292 g/mol. The zero-order chi connectivity index (χ0) is 14.1. The van der Waals surface area contributed by atoms with Crippen LogP contribution in [0.3, 0.4) is 0 Å². The topological polar surface area (TPSA) is 74.8 Å². The lowest BCUT2D eigenvalue weighted by atomic mass is 10.3. The molecule has 0 unspecified atom stereocenters. The van der Waals surface area contributed by atoms with Crippen LogP contribution in [0.15, 0.2) is 24.3 Å². The molecule has 0 amide bonds. The quantitative estimate of drug-likeness (QED) is 0.807. The first-order valence-electron chi connectivity index (χ1n) is 5.01. The highest BCUT2D eigenvalue weighted by Crippen LogP contribution is 2.23. The predicted octanol–water partition coefficient (Wildman–Crippen LogP) is 0.478. The molecule has 18 heavy (non-hydrogen) atoms. The highest BCUT2D eigenvalue weighted by atomic mass is 32.3. The van der Waals surface area contributed by atoms with Crippen molar-refractivity contribution in [2.24, 2.45) is 0 Å². The molecule has 0 radical (unpaired) electrons. The molecule has 1 rings (SSSR count). The molecule has 0 fully saturated rings. The maximum atomic E-state index is 11.5. The van der Waals surface area contributed by atoms with Crippen LogP contribution in [0, 0.1) is 0 Å². The second kappa shape index (κ2) is 4.77. The molecule has 0 heterocycles. The zero-order valence-electron chi connectivity index (χ0n) is 10.7. The van der Waals surface area contributed by atoms with E-state index in [0.717, 1.165) is 18.2 Å². The summed E-state index contributed by atoms with van der Waals surface area (Å²) in [6, 6.07) is 6.21. The Morgan fingerprint density at radius 1 is 0.778 bits per heavy atom. The van der Waals surface area contributed by atoms with Gasteiger partial charge in [-0.2, -0.15) is 3.71 Å². The van der Waals surface area contributed by atoms with Gasteiger partial charge in [0.1, 0.15) is 0 Å². The van der Waals surface area contributed by atoms with Crippen molar-refractivity contribution >= 4 is 31.4 Å². The summed E-state index contributed by atoms with van der Waals surface area (Å²) >= 11 is 0. The average Bonchev–Trinajstić information content (AvgIpc) is 2.13. The van der Waals surface area contributed by atoms with E-state index in [1.165, 1.54) is 12.1 Å². The molecule has 0 saturated carbocycles. The number of sulfonamides is 2. The van der Waals surface area contributed by atoms with Gasteiger partial charge in [-0.15, -0.1) is 0 Å². The monoisotopic (exact) mass is 292 g/mol. The molecule has 6 nitrogen and oxygen atoms in total. The van der Waals surface area contributed by atoms with Gasteiger partial charge in [-0.1, -0.05) is 0 Å². The van der Waals surface area contributed by atoms with Gasteiger partial charge in [-0.3, -0.25) is 0 Å². The Morgan fingerprint density at radius 3 is 1.39 bits per heavy atom. The molecule has 0 saturated heterocycles. The summed E-state index contributed by atoms with van der Waals surface area (Å²) in [6.07, 6.45) is 1.71. The fourth-order valence-corrected chi connectivity index (χ4v) is 4.48. The summed E-state index contributed by atoms with van der Waals surface area (Å²) in [5.74, 6) is 0. The molecule has 0 aromatic heterocycles. The van der Waals surface area contributed by atoms with Gasteiger partial charge in [0, 0.05) is 19.8 Å². The van der Waals surface area contributed by atoms with E-state index in [-0.39, 0.29) is 5.69 Å². The smallest absolute Gasteiger partial charge is 0.245 e. The van der Waals surface area contributed by atoms with Gasteiger partial charge in [-0.05, 0) is 24.3 Å². The van der Waals surface area contributed by atoms with Gasteiger partial charge >= 0.3 is 0 Å². The minimum atomic E-state index is -3.88. The van der Waals surface area contributed by atoms with Crippen molar-refractivity contribution in [2.75, 3.05) is 35.2 Å². The van der Waals surface area contributed by atoms with Crippen molar-refractivity contribution in [2.45, 2.75) is 0 Å². The molecule has 1 aromatic rings. The highest BCUT2D eigenvalue weighted by molar-refractivity contribution is 8.09. The summed E-state index contributed by atoms with van der Waals surface area (Å²) in [5.41, 5.74) is 0.950. The molecule has 0 aliphatic rings. The first-order valence-corrected chi connectivity index (χ1v) is 8.71. The molecule has 1 aromatic carbocycles. The lowest BCUT2D eigenvalue weighted by molar-refractivity contribution is 0.590. The van der Waals surface area contributed by atoms with Gasteiger partial charge in [0.15, 0.2) is 0 Å². The van der Waals surface area contributed by atoms with Crippen LogP contribution in [-0.4, -0.2) is 43.4 Å².